The van der Waals surface area contributed by atoms with Crippen LogP contribution in [0.3, 0.4) is 0 Å². The van der Waals surface area contributed by atoms with E-state index < -0.39 is 0 Å². The summed E-state index contributed by atoms with van der Waals surface area (Å²) in [6.07, 6.45) is 3.78. The Bertz CT molecular complexity index is 546. The van der Waals surface area contributed by atoms with Crippen molar-refractivity contribution in [2.45, 2.75) is 52.9 Å². The van der Waals surface area contributed by atoms with Gasteiger partial charge in [-0.3, -0.25) is 9.36 Å². The smallest absolute Gasteiger partial charge is 0.0965 e. The Morgan fingerprint density at radius 3 is 2.50 bits per heavy atom. The molecule has 0 aliphatic rings. The monoisotopic (exact) mass is 296 g/mol. The summed E-state index contributed by atoms with van der Waals surface area (Å²) in [5, 5.41) is 16.7. The molecule has 0 amide bonds. The summed E-state index contributed by atoms with van der Waals surface area (Å²) in [4.78, 5) is 0. The number of halogens is 1. The predicted octanol–water partition coefficient (Wildman–Crippen LogP) is 2.02. The minimum absolute atomic E-state index is 0.0765. The van der Waals surface area contributed by atoms with Gasteiger partial charge in [0.2, 0.25) is 0 Å². The third kappa shape index (κ3) is 4.31. The molecule has 110 valence electrons. The molecular weight excluding hydrogens is 276 g/mol. The normalized spacial score (nSPS) is 12.1. The maximum absolute atomic E-state index is 5.97. The molecule has 0 aliphatic heterocycles. The zero-order valence-corrected chi connectivity index (χ0v) is 13.1. The van der Waals surface area contributed by atoms with Crippen molar-refractivity contribution in [2.75, 3.05) is 0 Å². The van der Waals surface area contributed by atoms with Crippen molar-refractivity contribution in [3.05, 3.63) is 28.8 Å². The van der Waals surface area contributed by atoms with Gasteiger partial charge in [0.25, 0.3) is 0 Å². The first kappa shape index (κ1) is 15.0. The van der Waals surface area contributed by atoms with Crippen molar-refractivity contribution in [2.24, 2.45) is 0 Å². The van der Waals surface area contributed by atoms with Crippen LogP contribution in [0, 0.1) is 6.92 Å². The van der Waals surface area contributed by atoms with Crippen LogP contribution in [-0.2, 0) is 19.6 Å². The first-order valence-corrected chi connectivity index (χ1v) is 7.05. The minimum Gasteiger partial charge on any atom is -0.306 e. The second-order valence-corrected chi connectivity index (χ2v) is 6.31. The molecule has 0 bridgehead atoms. The lowest BCUT2D eigenvalue weighted by molar-refractivity contribution is 0.421. The SMILES string of the molecule is Cc1nn(CCn2cc(CNC(C)(C)C)nn2)cc1Cl. The van der Waals surface area contributed by atoms with Crippen molar-refractivity contribution < 1.29 is 0 Å². The summed E-state index contributed by atoms with van der Waals surface area (Å²) < 4.78 is 3.65. The minimum atomic E-state index is 0.0765. The van der Waals surface area contributed by atoms with Gasteiger partial charge in [-0.15, -0.1) is 5.10 Å². The van der Waals surface area contributed by atoms with Gasteiger partial charge in [0.05, 0.1) is 29.5 Å². The molecular formula is C13H21ClN6. The Morgan fingerprint density at radius 1 is 1.20 bits per heavy atom. The molecule has 0 saturated heterocycles. The Hall–Kier alpha value is -1.40. The van der Waals surface area contributed by atoms with Crippen LogP contribution in [0.25, 0.3) is 0 Å². The van der Waals surface area contributed by atoms with Crippen LogP contribution in [0.1, 0.15) is 32.2 Å². The van der Waals surface area contributed by atoms with Crippen LogP contribution in [0.15, 0.2) is 12.4 Å². The van der Waals surface area contributed by atoms with Crippen molar-refractivity contribution in [1.82, 2.24) is 30.1 Å². The standard InChI is InChI=1S/C13H21ClN6/c1-10-12(14)9-19(17-10)5-6-20-8-11(16-18-20)7-15-13(2,3)4/h8-9,15H,5-7H2,1-4H3. The molecule has 6 nitrogen and oxygen atoms in total. The number of rotatable bonds is 5. The summed E-state index contributed by atoms with van der Waals surface area (Å²) in [6.45, 7) is 10.4. The van der Waals surface area contributed by atoms with Gasteiger partial charge < -0.3 is 5.32 Å². The predicted molar refractivity (Wildman–Crippen MR) is 78.6 cm³/mol. The van der Waals surface area contributed by atoms with Crippen LogP contribution in [0.5, 0.6) is 0 Å². The number of aromatic nitrogens is 5. The first-order chi connectivity index (χ1) is 9.33. The topological polar surface area (TPSA) is 60.6 Å². The molecule has 7 heteroatoms. The van der Waals surface area contributed by atoms with Gasteiger partial charge in [0.1, 0.15) is 0 Å². The molecule has 0 aliphatic carbocycles. The van der Waals surface area contributed by atoms with E-state index in [-0.39, 0.29) is 5.54 Å². The second-order valence-electron chi connectivity index (χ2n) is 5.90. The Kier molecular flexibility index (Phi) is 4.45. The first-order valence-electron chi connectivity index (χ1n) is 6.67. The summed E-state index contributed by atoms with van der Waals surface area (Å²) in [5.74, 6) is 0. The van der Waals surface area contributed by atoms with Gasteiger partial charge in [-0.1, -0.05) is 16.8 Å². The Balaban J connectivity index is 1.86. The summed E-state index contributed by atoms with van der Waals surface area (Å²) in [6, 6.07) is 0. The molecule has 0 radical (unpaired) electrons. The van der Waals surface area contributed by atoms with E-state index in [4.69, 9.17) is 11.6 Å². The van der Waals surface area contributed by atoms with E-state index in [9.17, 15) is 0 Å². The molecule has 0 unspecified atom stereocenters. The molecule has 0 saturated carbocycles. The van der Waals surface area contributed by atoms with Crippen molar-refractivity contribution in [3.63, 3.8) is 0 Å². The van der Waals surface area contributed by atoms with E-state index in [0.29, 0.717) is 5.02 Å². The molecule has 20 heavy (non-hydrogen) atoms. The lowest BCUT2D eigenvalue weighted by Gasteiger charge is -2.19. The van der Waals surface area contributed by atoms with Crippen molar-refractivity contribution >= 4 is 11.6 Å². The molecule has 0 fully saturated rings. The van der Waals surface area contributed by atoms with Gasteiger partial charge in [-0.2, -0.15) is 5.10 Å². The number of nitrogens with one attached hydrogen (secondary N) is 1. The number of hydrogen-bond donors (Lipinski definition) is 1. The maximum Gasteiger partial charge on any atom is 0.0965 e. The van der Waals surface area contributed by atoms with E-state index in [1.807, 2.05) is 28.7 Å². The summed E-state index contributed by atoms with van der Waals surface area (Å²) >= 11 is 5.97. The summed E-state index contributed by atoms with van der Waals surface area (Å²) in [5.41, 5.74) is 1.86. The van der Waals surface area contributed by atoms with Gasteiger partial charge in [0, 0.05) is 24.5 Å². The average Bonchev–Trinajstić information content (AvgIpc) is 2.91. The largest absolute Gasteiger partial charge is 0.306 e. The fourth-order valence-corrected chi connectivity index (χ4v) is 1.85. The fraction of sp³-hybridized carbons (Fsp3) is 0.615. The van der Waals surface area contributed by atoms with E-state index in [2.05, 4.69) is 41.5 Å². The Labute approximate surface area is 124 Å². The lowest BCUT2D eigenvalue weighted by atomic mass is 10.1. The molecule has 2 aromatic heterocycles. The molecule has 2 rings (SSSR count). The lowest BCUT2D eigenvalue weighted by Crippen LogP contribution is -2.35. The zero-order valence-electron chi connectivity index (χ0n) is 12.4. The molecule has 2 heterocycles. The van der Waals surface area contributed by atoms with E-state index in [0.717, 1.165) is 31.0 Å². The van der Waals surface area contributed by atoms with Crippen LogP contribution < -0.4 is 5.32 Å². The van der Waals surface area contributed by atoms with Crippen LogP contribution >= 0.6 is 11.6 Å². The van der Waals surface area contributed by atoms with Gasteiger partial charge in [-0.05, 0) is 27.7 Å². The van der Waals surface area contributed by atoms with Gasteiger partial charge in [-0.25, -0.2) is 0 Å². The van der Waals surface area contributed by atoms with Crippen molar-refractivity contribution in [3.8, 4) is 0 Å². The molecule has 0 aromatic carbocycles. The average molecular weight is 297 g/mol. The van der Waals surface area contributed by atoms with E-state index in [1.54, 1.807) is 0 Å². The zero-order chi connectivity index (χ0) is 14.8. The highest BCUT2D eigenvalue weighted by Gasteiger charge is 2.10. The molecule has 2 aromatic rings. The molecule has 0 spiro atoms. The van der Waals surface area contributed by atoms with Crippen molar-refractivity contribution in [1.29, 1.82) is 0 Å². The Morgan fingerprint density at radius 2 is 1.90 bits per heavy atom. The summed E-state index contributed by atoms with van der Waals surface area (Å²) in [7, 11) is 0. The highest BCUT2D eigenvalue weighted by atomic mass is 35.5. The number of hydrogen-bond acceptors (Lipinski definition) is 4. The van der Waals surface area contributed by atoms with E-state index >= 15 is 0 Å². The van der Waals surface area contributed by atoms with Crippen LogP contribution in [0.4, 0.5) is 0 Å². The molecule has 0 atom stereocenters. The van der Waals surface area contributed by atoms with Gasteiger partial charge in [0.15, 0.2) is 0 Å². The number of aryl methyl sites for hydroxylation is 3. The third-order valence-corrected chi connectivity index (χ3v) is 3.20. The quantitative estimate of drug-likeness (QED) is 0.917. The second kappa shape index (κ2) is 5.93. The highest BCUT2D eigenvalue weighted by Crippen LogP contribution is 2.11. The highest BCUT2D eigenvalue weighted by molar-refractivity contribution is 6.31. The van der Waals surface area contributed by atoms with Crippen LogP contribution in [-0.4, -0.2) is 30.3 Å². The van der Waals surface area contributed by atoms with Crippen LogP contribution in [0.2, 0.25) is 5.02 Å². The van der Waals surface area contributed by atoms with E-state index in [1.165, 1.54) is 0 Å². The van der Waals surface area contributed by atoms with Gasteiger partial charge >= 0.3 is 0 Å². The molecule has 1 N–H and O–H groups in total. The third-order valence-electron chi connectivity index (χ3n) is 2.83. The fourth-order valence-electron chi connectivity index (χ4n) is 1.70. The maximum atomic E-state index is 5.97. The number of nitrogens with zero attached hydrogens (tertiary/aromatic N) is 5.